The largest absolute Gasteiger partial charge is 0.496 e. The van der Waals surface area contributed by atoms with Crippen LogP contribution in [0.3, 0.4) is 0 Å². The van der Waals surface area contributed by atoms with Gasteiger partial charge in [0.05, 0.1) is 84.3 Å². The van der Waals surface area contributed by atoms with Crippen LogP contribution in [0.1, 0.15) is 111 Å². The summed E-state index contributed by atoms with van der Waals surface area (Å²) in [6, 6.07) is 69.4. The van der Waals surface area contributed by atoms with E-state index in [1.54, 1.807) is 17.5 Å². The Labute approximate surface area is 618 Å². The fraction of sp³-hybridized carbons (Fsp3) is 0.289. The van der Waals surface area contributed by atoms with Crippen LogP contribution in [0.5, 0.6) is 0 Å². The SMILES string of the molecule is CC1(C)OB(c2ccc(-c3cccs3)cc2)OC1(C)C.CC1(C)OB(c2ccc3c(c2)c2ccccc2n3-c2cccnc2)OC1(C)C.CC1(C)OB(c2ccc3c4ccccc4n(-c4ncc5ccccc5n4)c3c2)OC1(C)C.CC1(C)OB(c2cccc3c2Sc2ccccc2S3)OC1(C)C. The molecule has 5 aliphatic rings. The molecule has 0 spiro atoms. The number of para-hydroxylation sites is 3. The van der Waals surface area contributed by atoms with Gasteiger partial charge in [-0.1, -0.05) is 157 Å². The topological polar surface area (TPSA) is 122 Å². The van der Waals surface area contributed by atoms with Crippen LogP contribution in [0.4, 0.5) is 0 Å². The Kier molecular flexibility index (Phi) is 18.3. The summed E-state index contributed by atoms with van der Waals surface area (Å²) in [7, 11) is -1.38. The van der Waals surface area contributed by atoms with Gasteiger partial charge in [0, 0.05) is 63.8 Å². The Balaban J connectivity index is 0.000000112. The number of nitrogens with zero attached hydrogens (tertiary/aromatic N) is 5. The summed E-state index contributed by atoms with van der Waals surface area (Å²) in [4.78, 5) is 20.3. The number of fused-ring (bicyclic) bond motifs is 9. The molecule has 0 atom stereocenters. The minimum absolute atomic E-state index is 0.280. The lowest BCUT2D eigenvalue weighted by Crippen LogP contribution is -2.41. The molecule has 0 bridgehead atoms. The predicted molar refractivity (Wildman–Crippen MR) is 426 cm³/mol. The smallest absolute Gasteiger partial charge is 0.399 e. The Morgan fingerprint density at radius 1 is 0.359 bits per heavy atom. The lowest BCUT2D eigenvalue weighted by Gasteiger charge is -2.32. The van der Waals surface area contributed by atoms with E-state index in [0.29, 0.717) is 5.95 Å². The van der Waals surface area contributed by atoms with E-state index in [1.165, 1.54) is 46.2 Å². The number of pyridine rings is 1. The lowest BCUT2D eigenvalue weighted by molar-refractivity contribution is 0.00578. The molecule has 0 aliphatic carbocycles. The Bertz CT molecular complexity index is 5270. The third-order valence-corrected chi connectivity index (χ3v) is 25.6. The first kappa shape index (κ1) is 70.8. The highest BCUT2D eigenvalue weighted by Gasteiger charge is 2.55. The predicted octanol–water partition coefficient (Wildman–Crippen LogP) is 17.8. The molecule has 13 aromatic rings. The van der Waals surface area contributed by atoms with Gasteiger partial charge in [0.15, 0.2) is 0 Å². The Morgan fingerprint density at radius 2 is 0.845 bits per heavy atom. The van der Waals surface area contributed by atoms with Crippen LogP contribution < -0.4 is 21.9 Å². The quantitative estimate of drug-likeness (QED) is 0.141. The van der Waals surface area contributed by atoms with Crippen molar-refractivity contribution in [1.82, 2.24) is 24.1 Å². The summed E-state index contributed by atoms with van der Waals surface area (Å²) in [6.07, 6.45) is 5.58. The highest BCUT2D eigenvalue weighted by atomic mass is 32.2. The van der Waals surface area contributed by atoms with E-state index in [-0.39, 0.29) is 66.2 Å². The average molecular weight is 1420 g/mol. The van der Waals surface area contributed by atoms with Crippen molar-refractivity contribution >= 4 is 140 Å². The molecule has 4 fully saturated rings. The molecular formula is C83H85B4N5O8S3. The van der Waals surface area contributed by atoms with Gasteiger partial charge in [-0.05, 0) is 210 Å². The van der Waals surface area contributed by atoms with E-state index in [4.69, 9.17) is 47.2 Å². The van der Waals surface area contributed by atoms with E-state index in [9.17, 15) is 0 Å². The standard InChI is InChI=1S/C26H24BN3O2.C23H23BN2O2.C18H19BO2S2.C16H19BO2S/c1-25(2)26(3,4)32-27(31-25)18-13-14-20-19-10-6-8-12-22(19)30(23(20)15-18)24-28-16-17-9-5-7-11-21(17)29-24;1-22(2)23(3,4)28-24(27-22)16-11-12-21-19(14-16)18-9-5-6-10-20(18)26(21)17-8-7-13-25-15-17;1-17(2)18(3,4)21-19(20-17)12-8-7-11-15-16(12)23-14-10-6-5-9-13(14)22-15;1-15(2)16(3,4)19-17(18-15)13-9-7-12(8-10-13)14-6-5-11-20-14/h5-16H,1-4H3;5-15H,1-4H3;5-11H,1-4H3;5-11H,1-4H3. The summed E-state index contributed by atoms with van der Waals surface area (Å²) in [6.45, 7) is 33.3. The number of benzene rings is 8. The zero-order valence-electron chi connectivity index (χ0n) is 61.4. The number of rotatable bonds is 7. The molecule has 0 saturated carbocycles. The number of hydrogen-bond donors (Lipinski definition) is 0. The van der Waals surface area contributed by atoms with E-state index >= 15 is 0 Å². The van der Waals surface area contributed by atoms with Crippen molar-refractivity contribution in [3.63, 3.8) is 0 Å². The first-order chi connectivity index (χ1) is 49.0. The highest BCUT2D eigenvalue weighted by Crippen LogP contribution is 2.49. The molecule has 520 valence electrons. The second-order valence-corrected chi connectivity index (χ2v) is 34.1. The minimum Gasteiger partial charge on any atom is -0.399 e. The minimum atomic E-state index is -0.423. The maximum atomic E-state index is 6.31. The van der Waals surface area contributed by atoms with Crippen LogP contribution in [0, 0.1) is 0 Å². The van der Waals surface area contributed by atoms with Crippen molar-refractivity contribution in [3.05, 3.63) is 224 Å². The summed E-state index contributed by atoms with van der Waals surface area (Å²) in [5, 5.41) is 7.83. The van der Waals surface area contributed by atoms with Crippen molar-refractivity contribution in [1.29, 1.82) is 0 Å². The molecule has 0 amide bonds. The first-order valence-corrected chi connectivity index (χ1v) is 37.8. The first-order valence-electron chi connectivity index (χ1n) is 35.3. The molecule has 0 radical (unpaired) electrons. The molecular weight excluding hydrogens is 1330 g/mol. The van der Waals surface area contributed by atoms with Gasteiger partial charge < -0.3 is 41.8 Å². The van der Waals surface area contributed by atoms with Gasteiger partial charge >= 0.3 is 28.5 Å². The van der Waals surface area contributed by atoms with Crippen LogP contribution in [0.25, 0.3) is 76.6 Å². The van der Waals surface area contributed by atoms with Gasteiger partial charge in [-0.2, -0.15) is 0 Å². The van der Waals surface area contributed by atoms with E-state index in [0.717, 1.165) is 65.9 Å². The summed E-state index contributed by atoms with van der Waals surface area (Å²) >= 11 is 5.39. The van der Waals surface area contributed by atoms with Crippen molar-refractivity contribution in [3.8, 4) is 22.1 Å². The Morgan fingerprint density at radius 3 is 1.44 bits per heavy atom. The van der Waals surface area contributed by atoms with Crippen molar-refractivity contribution in [2.24, 2.45) is 0 Å². The molecule has 20 heteroatoms. The number of aromatic nitrogens is 5. The van der Waals surface area contributed by atoms with Crippen molar-refractivity contribution in [2.45, 2.75) is 175 Å². The van der Waals surface area contributed by atoms with Crippen LogP contribution in [0.2, 0.25) is 0 Å². The van der Waals surface area contributed by atoms with Gasteiger partial charge in [-0.25, -0.2) is 9.97 Å². The summed E-state index contributed by atoms with van der Waals surface area (Å²) in [5.74, 6) is 0.654. The monoisotopic (exact) mass is 1420 g/mol. The summed E-state index contributed by atoms with van der Waals surface area (Å²) < 4.78 is 54.2. The second-order valence-electron chi connectivity index (χ2n) is 31.0. The average Bonchev–Trinajstić information content (AvgIpc) is 1.59. The maximum Gasteiger partial charge on any atom is 0.496 e. The second kappa shape index (κ2) is 26.7. The van der Waals surface area contributed by atoms with Gasteiger partial charge in [0.25, 0.3) is 0 Å². The molecule has 103 heavy (non-hydrogen) atoms. The number of thiophene rings is 1. The fourth-order valence-corrected chi connectivity index (χ4v) is 16.4. The third-order valence-electron chi connectivity index (χ3n) is 22.1. The van der Waals surface area contributed by atoms with Gasteiger partial charge in [0.1, 0.15) is 0 Å². The number of hydrogen-bond acceptors (Lipinski definition) is 14. The zero-order valence-corrected chi connectivity index (χ0v) is 63.8. The zero-order chi connectivity index (χ0) is 72.2. The normalized spacial score (nSPS) is 19.0. The van der Waals surface area contributed by atoms with Crippen molar-refractivity contribution in [2.75, 3.05) is 0 Å². The van der Waals surface area contributed by atoms with Gasteiger partial charge in [-0.15, -0.1) is 11.3 Å². The third kappa shape index (κ3) is 13.2. The molecule has 18 rings (SSSR count). The molecule has 0 unspecified atom stereocenters. The fourth-order valence-electron chi connectivity index (χ4n) is 13.2. The molecule has 4 saturated heterocycles. The molecule has 0 N–H and O–H groups in total. The molecule has 5 aromatic heterocycles. The molecule has 5 aliphatic heterocycles. The van der Waals surface area contributed by atoms with Crippen LogP contribution in [-0.2, 0) is 37.2 Å². The van der Waals surface area contributed by atoms with Crippen LogP contribution in [0.15, 0.2) is 244 Å². The van der Waals surface area contributed by atoms with Gasteiger partial charge in [0.2, 0.25) is 5.95 Å². The summed E-state index contributed by atoms with van der Waals surface area (Å²) in [5.41, 5.74) is 9.18. The highest BCUT2D eigenvalue weighted by molar-refractivity contribution is 8.05. The molecule has 10 heterocycles. The molecule has 8 aromatic carbocycles. The van der Waals surface area contributed by atoms with Crippen LogP contribution >= 0.6 is 34.9 Å². The van der Waals surface area contributed by atoms with Crippen molar-refractivity contribution < 1.29 is 37.2 Å². The van der Waals surface area contributed by atoms with E-state index < -0.39 is 7.12 Å². The maximum absolute atomic E-state index is 6.31. The van der Waals surface area contributed by atoms with E-state index in [1.807, 2.05) is 72.3 Å². The van der Waals surface area contributed by atoms with Crippen LogP contribution in [-0.4, -0.2) is 97.4 Å². The Hall–Kier alpha value is -7.81. The molecule has 13 nitrogen and oxygen atoms in total. The van der Waals surface area contributed by atoms with Gasteiger partial charge in [-0.3, -0.25) is 9.55 Å². The van der Waals surface area contributed by atoms with E-state index in [2.05, 4.69) is 294 Å². The lowest BCUT2D eigenvalue weighted by atomic mass is 9.78.